The molecule has 3 aliphatic rings. The van der Waals surface area contributed by atoms with Crippen molar-refractivity contribution in [1.29, 1.82) is 0 Å². The number of rotatable bonds is 4. The average Bonchev–Trinajstić information content (AvgIpc) is 3.19. The normalized spacial score (nSPS) is 24.0. The summed E-state index contributed by atoms with van der Waals surface area (Å²) >= 11 is 0. The Bertz CT molecular complexity index is 869. The summed E-state index contributed by atoms with van der Waals surface area (Å²) < 4.78 is 0. The van der Waals surface area contributed by atoms with Crippen LogP contribution in [0.15, 0.2) is 36.0 Å². The quantitative estimate of drug-likeness (QED) is 0.767. The zero-order valence-corrected chi connectivity index (χ0v) is 17.9. The number of hydrogen-bond donors (Lipinski definition) is 1. The summed E-state index contributed by atoms with van der Waals surface area (Å²) in [7, 11) is 0. The Morgan fingerprint density at radius 2 is 1.87 bits per heavy atom. The second-order valence-corrected chi connectivity index (χ2v) is 9.23. The Labute approximate surface area is 177 Å². The highest BCUT2D eigenvalue weighted by molar-refractivity contribution is 5.97. The molecule has 0 spiro atoms. The molecule has 3 heterocycles. The second kappa shape index (κ2) is 7.87. The van der Waals surface area contributed by atoms with Crippen molar-refractivity contribution in [3.63, 3.8) is 0 Å². The number of fused-ring (bicyclic) bond motifs is 1. The van der Waals surface area contributed by atoms with E-state index in [0.29, 0.717) is 38.2 Å². The van der Waals surface area contributed by atoms with Gasteiger partial charge in [-0.2, -0.15) is 0 Å². The summed E-state index contributed by atoms with van der Waals surface area (Å²) in [6, 6.07) is 8.22. The minimum absolute atomic E-state index is 0.0430. The van der Waals surface area contributed by atoms with Crippen molar-refractivity contribution in [3.8, 4) is 0 Å². The van der Waals surface area contributed by atoms with E-state index in [4.69, 9.17) is 0 Å². The number of likely N-dealkylation sites (tertiary alicyclic amines) is 1. The maximum absolute atomic E-state index is 13.2. The Morgan fingerprint density at radius 1 is 1.20 bits per heavy atom. The molecule has 2 amide bonds. The number of piperazine rings is 1. The first-order valence-corrected chi connectivity index (χ1v) is 10.7. The van der Waals surface area contributed by atoms with Gasteiger partial charge in [-0.3, -0.25) is 14.6 Å². The lowest BCUT2D eigenvalue weighted by Crippen LogP contribution is -2.63. The van der Waals surface area contributed by atoms with Crippen molar-refractivity contribution in [2.75, 3.05) is 26.2 Å². The molecule has 7 nitrogen and oxygen atoms in total. The van der Waals surface area contributed by atoms with E-state index in [2.05, 4.69) is 50.5 Å². The molecule has 30 heavy (non-hydrogen) atoms. The highest BCUT2D eigenvalue weighted by atomic mass is 16.2. The number of carbonyl (C=O) groups excluding carboxylic acids is 3. The van der Waals surface area contributed by atoms with Gasteiger partial charge in [-0.1, -0.05) is 29.8 Å². The topological polar surface area (TPSA) is 73.0 Å². The minimum atomic E-state index is -0.343. The van der Waals surface area contributed by atoms with Gasteiger partial charge in [0.2, 0.25) is 5.91 Å². The molecule has 0 saturated carbocycles. The van der Waals surface area contributed by atoms with Crippen molar-refractivity contribution in [1.82, 2.24) is 20.2 Å². The standard InChI is InChI=1S/C23H30N4O3/c1-16-4-6-18(7-5-16)19-12-20-22(30)26(15-23(2,3)27(20)24-19)13-21(29)25-10-8-17(14-28)9-11-25/h4-7,12,14,17,19,24H,8-11,13,15H2,1-3H3. The molecule has 2 saturated heterocycles. The Hall–Kier alpha value is -2.67. The summed E-state index contributed by atoms with van der Waals surface area (Å²) in [6.07, 6.45) is 4.35. The molecule has 4 rings (SSSR count). The molecule has 1 atom stereocenters. The van der Waals surface area contributed by atoms with Gasteiger partial charge in [0.05, 0.1) is 11.6 Å². The highest BCUT2D eigenvalue weighted by Crippen LogP contribution is 2.35. The molecule has 1 aromatic rings. The van der Waals surface area contributed by atoms with E-state index in [9.17, 15) is 14.4 Å². The van der Waals surface area contributed by atoms with Crippen molar-refractivity contribution in [2.24, 2.45) is 5.92 Å². The lowest BCUT2D eigenvalue weighted by atomic mass is 9.98. The van der Waals surface area contributed by atoms with E-state index < -0.39 is 0 Å². The first kappa shape index (κ1) is 20.6. The van der Waals surface area contributed by atoms with Crippen molar-refractivity contribution >= 4 is 18.1 Å². The van der Waals surface area contributed by atoms with E-state index in [-0.39, 0.29) is 35.9 Å². The third kappa shape index (κ3) is 3.86. The van der Waals surface area contributed by atoms with Gasteiger partial charge in [0.15, 0.2) is 0 Å². The number of hydrazine groups is 1. The van der Waals surface area contributed by atoms with E-state index in [1.807, 2.05) is 11.1 Å². The van der Waals surface area contributed by atoms with Crippen LogP contribution in [0.25, 0.3) is 0 Å². The van der Waals surface area contributed by atoms with E-state index in [0.717, 1.165) is 11.8 Å². The first-order chi connectivity index (χ1) is 14.3. The molecule has 0 bridgehead atoms. The Balaban J connectivity index is 1.48. The molecule has 1 unspecified atom stereocenters. The van der Waals surface area contributed by atoms with Crippen LogP contribution in [0.2, 0.25) is 0 Å². The summed E-state index contributed by atoms with van der Waals surface area (Å²) in [5.41, 5.74) is 6.02. The number of aryl methyl sites for hydroxylation is 1. The van der Waals surface area contributed by atoms with Crippen LogP contribution in [0.4, 0.5) is 0 Å². The van der Waals surface area contributed by atoms with E-state index in [1.54, 1.807) is 9.80 Å². The van der Waals surface area contributed by atoms with Crippen molar-refractivity contribution < 1.29 is 14.4 Å². The molecule has 3 aliphatic heterocycles. The predicted octanol–water partition coefficient (Wildman–Crippen LogP) is 1.80. The molecule has 1 N–H and O–H groups in total. The smallest absolute Gasteiger partial charge is 0.271 e. The molecule has 2 fully saturated rings. The zero-order chi connectivity index (χ0) is 21.5. The second-order valence-electron chi connectivity index (χ2n) is 9.23. The molecule has 160 valence electrons. The van der Waals surface area contributed by atoms with Crippen LogP contribution in [0.5, 0.6) is 0 Å². The van der Waals surface area contributed by atoms with Gasteiger partial charge in [0.1, 0.15) is 18.5 Å². The van der Waals surface area contributed by atoms with Crippen LogP contribution < -0.4 is 5.43 Å². The highest BCUT2D eigenvalue weighted by Gasteiger charge is 2.46. The first-order valence-electron chi connectivity index (χ1n) is 10.7. The summed E-state index contributed by atoms with van der Waals surface area (Å²) in [4.78, 5) is 40.4. The van der Waals surface area contributed by atoms with Gasteiger partial charge in [-0.05, 0) is 45.3 Å². The van der Waals surface area contributed by atoms with Crippen LogP contribution in [0, 0.1) is 12.8 Å². The maximum Gasteiger partial charge on any atom is 0.271 e. The Kier molecular flexibility index (Phi) is 5.40. The lowest BCUT2D eigenvalue weighted by molar-refractivity contribution is -0.145. The summed E-state index contributed by atoms with van der Waals surface area (Å²) in [5, 5.41) is 1.95. The molecule has 1 aromatic carbocycles. The molecular weight excluding hydrogens is 380 g/mol. The number of benzene rings is 1. The fourth-order valence-corrected chi connectivity index (χ4v) is 4.54. The molecule has 0 aliphatic carbocycles. The largest absolute Gasteiger partial charge is 0.341 e. The molecular formula is C23H30N4O3. The van der Waals surface area contributed by atoms with Crippen LogP contribution in [0.1, 0.15) is 43.9 Å². The fourth-order valence-electron chi connectivity index (χ4n) is 4.54. The van der Waals surface area contributed by atoms with Gasteiger partial charge >= 0.3 is 0 Å². The van der Waals surface area contributed by atoms with E-state index in [1.165, 1.54) is 5.56 Å². The third-order valence-corrected chi connectivity index (χ3v) is 6.37. The van der Waals surface area contributed by atoms with Crippen LogP contribution in [0.3, 0.4) is 0 Å². The Morgan fingerprint density at radius 3 is 2.50 bits per heavy atom. The van der Waals surface area contributed by atoms with Crippen molar-refractivity contribution in [3.05, 3.63) is 47.2 Å². The number of nitrogens with one attached hydrogen (secondary N) is 1. The number of amides is 2. The number of aldehydes is 1. The molecule has 0 radical (unpaired) electrons. The lowest BCUT2D eigenvalue weighted by Gasteiger charge is -2.47. The average molecular weight is 411 g/mol. The van der Waals surface area contributed by atoms with Crippen LogP contribution in [-0.4, -0.2) is 64.6 Å². The minimum Gasteiger partial charge on any atom is -0.341 e. The van der Waals surface area contributed by atoms with Gasteiger partial charge in [-0.25, -0.2) is 5.43 Å². The third-order valence-electron chi connectivity index (χ3n) is 6.37. The SMILES string of the molecule is Cc1ccc(C2C=C3C(=O)N(CC(=O)N4CCC(C=O)CC4)CC(C)(C)N3N2)cc1. The van der Waals surface area contributed by atoms with Gasteiger partial charge in [0, 0.05) is 25.6 Å². The van der Waals surface area contributed by atoms with E-state index >= 15 is 0 Å². The zero-order valence-electron chi connectivity index (χ0n) is 17.9. The summed E-state index contributed by atoms with van der Waals surface area (Å²) in [5.74, 6) is -0.113. The predicted molar refractivity (Wildman–Crippen MR) is 113 cm³/mol. The van der Waals surface area contributed by atoms with Crippen LogP contribution in [-0.2, 0) is 14.4 Å². The number of carbonyl (C=O) groups is 3. The molecule has 0 aromatic heterocycles. The number of nitrogens with zero attached hydrogens (tertiary/aromatic N) is 3. The molecule has 7 heteroatoms. The van der Waals surface area contributed by atoms with Crippen molar-refractivity contribution in [2.45, 2.75) is 45.2 Å². The van der Waals surface area contributed by atoms with Gasteiger partial charge < -0.3 is 14.6 Å². The van der Waals surface area contributed by atoms with Crippen LogP contribution >= 0.6 is 0 Å². The summed E-state index contributed by atoms with van der Waals surface area (Å²) in [6.45, 7) is 7.91. The maximum atomic E-state index is 13.2. The fraction of sp³-hybridized carbons (Fsp3) is 0.522. The number of piperidine rings is 1. The number of hydrogen-bond acceptors (Lipinski definition) is 5. The van der Waals surface area contributed by atoms with Gasteiger partial charge in [0.25, 0.3) is 5.91 Å². The van der Waals surface area contributed by atoms with Gasteiger partial charge in [-0.15, -0.1) is 0 Å². The monoisotopic (exact) mass is 410 g/mol.